The van der Waals surface area contributed by atoms with Gasteiger partial charge < -0.3 is 10.1 Å². The Kier molecular flexibility index (Phi) is 7.21. The summed E-state index contributed by atoms with van der Waals surface area (Å²) >= 11 is 4.39. The maximum Gasteiger partial charge on any atom is 0.348 e. The molecular weight excluding hydrogens is 487 g/mol. The molecule has 1 fully saturated rings. The lowest BCUT2D eigenvalue weighted by molar-refractivity contribution is 0.0606. The maximum absolute atomic E-state index is 12.8. The van der Waals surface area contributed by atoms with Crippen LogP contribution in [0.2, 0.25) is 0 Å². The van der Waals surface area contributed by atoms with Crippen LogP contribution in [-0.4, -0.2) is 50.1 Å². The molecule has 0 spiro atoms. The monoisotopic (exact) mass is 509 g/mol. The third-order valence-electron chi connectivity index (χ3n) is 5.11. The summed E-state index contributed by atoms with van der Waals surface area (Å²) in [5.41, 5.74) is 2.43. The first kappa shape index (κ1) is 23.2. The molecular formula is C21H23N3O4S4. The Hall–Kier alpha value is -1.92. The number of hydrogen-bond acceptors (Lipinski definition) is 9. The van der Waals surface area contributed by atoms with E-state index in [0.29, 0.717) is 28.0 Å². The molecule has 0 atom stereocenters. The Labute approximate surface area is 199 Å². The van der Waals surface area contributed by atoms with Crippen molar-refractivity contribution in [2.75, 3.05) is 31.8 Å². The van der Waals surface area contributed by atoms with Gasteiger partial charge >= 0.3 is 5.97 Å². The van der Waals surface area contributed by atoms with Gasteiger partial charge in [0.25, 0.3) is 0 Å². The minimum atomic E-state index is -3.44. The highest BCUT2D eigenvalue weighted by molar-refractivity contribution is 8.00. The number of nitrogens with zero attached hydrogens (tertiary/aromatic N) is 2. The number of methoxy groups -OCH3 is 1. The van der Waals surface area contributed by atoms with Gasteiger partial charge in [-0.25, -0.2) is 18.2 Å². The van der Waals surface area contributed by atoms with Gasteiger partial charge in [-0.3, -0.25) is 0 Å². The molecule has 11 heteroatoms. The van der Waals surface area contributed by atoms with Crippen LogP contribution in [0.1, 0.15) is 28.9 Å². The molecule has 0 saturated carbocycles. The fourth-order valence-corrected chi connectivity index (χ4v) is 7.50. The van der Waals surface area contributed by atoms with E-state index in [2.05, 4.69) is 10.3 Å². The number of aromatic nitrogens is 1. The first-order valence-corrected chi connectivity index (χ1v) is 14.4. The lowest BCUT2D eigenvalue weighted by Gasteiger charge is -2.25. The maximum atomic E-state index is 12.8. The number of thiazole rings is 1. The molecule has 1 N–H and O–H groups in total. The van der Waals surface area contributed by atoms with E-state index in [-0.39, 0.29) is 5.97 Å². The summed E-state index contributed by atoms with van der Waals surface area (Å²) in [7, 11) is -2.08. The molecule has 1 aliphatic heterocycles. The number of nitrogens with one attached hydrogen (secondary N) is 1. The topological polar surface area (TPSA) is 88.6 Å². The highest BCUT2D eigenvalue weighted by Crippen LogP contribution is 2.39. The van der Waals surface area contributed by atoms with E-state index in [9.17, 15) is 13.2 Å². The summed E-state index contributed by atoms with van der Waals surface area (Å²) in [6.45, 7) is 1.17. The lowest BCUT2D eigenvalue weighted by Crippen LogP contribution is -2.35. The highest BCUT2D eigenvalue weighted by Gasteiger charge is 2.25. The van der Waals surface area contributed by atoms with Crippen molar-refractivity contribution >= 4 is 61.2 Å². The predicted molar refractivity (Wildman–Crippen MR) is 131 cm³/mol. The van der Waals surface area contributed by atoms with Crippen molar-refractivity contribution in [2.24, 2.45) is 0 Å². The Morgan fingerprint density at radius 3 is 2.56 bits per heavy atom. The fraction of sp³-hybridized carbons (Fsp3) is 0.333. The molecule has 2 aromatic heterocycles. The number of carbonyl (C=O) groups excluding carboxylic acids is 1. The van der Waals surface area contributed by atoms with Crippen LogP contribution in [0.5, 0.6) is 0 Å². The SMILES string of the molecule is COC(=O)c1cc(-c2csc(Nc3ccc(S(=O)(=O)N4CCCCC4)cc3)n2)c(SC)s1. The van der Waals surface area contributed by atoms with Crippen LogP contribution < -0.4 is 5.32 Å². The van der Waals surface area contributed by atoms with Crippen molar-refractivity contribution in [3.05, 3.63) is 40.6 Å². The third kappa shape index (κ3) is 4.86. The van der Waals surface area contributed by atoms with Crippen molar-refractivity contribution in [3.63, 3.8) is 0 Å². The van der Waals surface area contributed by atoms with Crippen molar-refractivity contribution in [1.29, 1.82) is 0 Å². The smallest absolute Gasteiger partial charge is 0.348 e. The van der Waals surface area contributed by atoms with E-state index >= 15 is 0 Å². The molecule has 0 radical (unpaired) electrons. The van der Waals surface area contributed by atoms with Gasteiger partial charge in [0.15, 0.2) is 5.13 Å². The van der Waals surface area contributed by atoms with Crippen molar-refractivity contribution in [3.8, 4) is 11.3 Å². The second-order valence-corrected chi connectivity index (χ2v) is 12.1. The lowest BCUT2D eigenvalue weighted by atomic mass is 10.2. The van der Waals surface area contributed by atoms with Crippen LogP contribution >= 0.6 is 34.4 Å². The molecule has 170 valence electrons. The number of thioether (sulfide) groups is 1. The van der Waals surface area contributed by atoms with E-state index in [1.54, 1.807) is 46.4 Å². The molecule has 1 saturated heterocycles. The number of carbonyl (C=O) groups is 1. The van der Waals surface area contributed by atoms with E-state index in [1.807, 2.05) is 11.6 Å². The van der Waals surface area contributed by atoms with Gasteiger partial charge in [-0.2, -0.15) is 4.31 Å². The molecule has 32 heavy (non-hydrogen) atoms. The highest BCUT2D eigenvalue weighted by atomic mass is 32.2. The van der Waals surface area contributed by atoms with Gasteiger partial charge in [0, 0.05) is 29.7 Å². The standard InChI is InChI=1S/C21H23N3O4S4/c1-28-19(25)18-12-16(20(29-2)31-18)17-13-30-21(23-17)22-14-6-8-15(9-7-14)32(26,27)24-10-4-3-5-11-24/h6-9,12-13H,3-5,10-11H2,1-2H3,(H,22,23). The fourth-order valence-electron chi connectivity index (χ4n) is 3.45. The van der Waals surface area contributed by atoms with Crippen LogP contribution in [0.25, 0.3) is 11.3 Å². The first-order valence-electron chi connectivity index (χ1n) is 10.0. The zero-order valence-electron chi connectivity index (χ0n) is 17.7. The number of piperidine rings is 1. The Morgan fingerprint density at radius 1 is 1.19 bits per heavy atom. The molecule has 0 amide bonds. The molecule has 0 unspecified atom stereocenters. The molecule has 0 aliphatic carbocycles. The van der Waals surface area contributed by atoms with Crippen molar-refractivity contribution in [2.45, 2.75) is 28.4 Å². The van der Waals surface area contributed by atoms with Gasteiger partial charge in [-0.1, -0.05) is 6.42 Å². The Balaban J connectivity index is 1.49. The molecule has 3 aromatic rings. The number of esters is 1. The Bertz CT molecular complexity index is 1200. The first-order chi connectivity index (χ1) is 15.4. The Morgan fingerprint density at radius 2 is 1.91 bits per heavy atom. The normalized spacial score (nSPS) is 14.9. The summed E-state index contributed by atoms with van der Waals surface area (Å²) in [5.74, 6) is -0.357. The van der Waals surface area contributed by atoms with Crippen LogP contribution in [0, 0.1) is 0 Å². The van der Waals surface area contributed by atoms with Gasteiger partial charge in [-0.15, -0.1) is 34.4 Å². The van der Waals surface area contributed by atoms with Crippen LogP contribution in [0.15, 0.2) is 44.8 Å². The minimum Gasteiger partial charge on any atom is -0.465 e. The van der Waals surface area contributed by atoms with E-state index in [1.165, 1.54) is 29.8 Å². The largest absolute Gasteiger partial charge is 0.465 e. The number of thiophene rings is 1. The average molecular weight is 510 g/mol. The molecule has 7 nitrogen and oxygen atoms in total. The zero-order valence-corrected chi connectivity index (χ0v) is 20.9. The molecule has 3 heterocycles. The minimum absolute atomic E-state index is 0.308. The second-order valence-electron chi connectivity index (χ2n) is 7.16. The third-order valence-corrected chi connectivity index (χ3v) is 10.0. The molecule has 1 aromatic carbocycles. The zero-order chi connectivity index (χ0) is 22.7. The van der Waals surface area contributed by atoms with Gasteiger partial charge in [0.1, 0.15) is 4.88 Å². The number of sulfonamides is 1. The van der Waals surface area contributed by atoms with Crippen LogP contribution in [0.4, 0.5) is 10.8 Å². The van der Waals surface area contributed by atoms with E-state index in [0.717, 1.165) is 40.4 Å². The van der Waals surface area contributed by atoms with Crippen LogP contribution in [0.3, 0.4) is 0 Å². The number of anilines is 2. The number of benzene rings is 1. The second kappa shape index (κ2) is 9.92. The number of ether oxygens (including phenoxy) is 1. The summed E-state index contributed by atoms with van der Waals surface area (Å²) < 4.78 is 33.0. The van der Waals surface area contributed by atoms with Crippen molar-refractivity contribution in [1.82, 2.24) is 9.29 Å². The summed E-state index contributed by atoms with van der Waals surface area (Å²) in [6.07, 6.45) is 4.86. The number of rotatable bonds is 7. The molecule has 0 bridgehead atoms. The quantitative estimate of drug-likeness (QED) is 0.342. The van der Waals surface area contributed by atoms with Gasteiger partial charge in [-0.05, 0) is 49.4 Å². The van der Waals surface area contributed by atoms with Gasteiger partial charge in [0.2, 0.25) is 10.0 Å². The average Bonchev–Trinajstić information content (AvgIpc) is 3.46. The summed E-state index contributed by atoms with van der Waals surface area (Å²) in [4.78, 5) is 17.4. The van der Waals surface area contributed by atoms with E-state index < -0.39 is 10.0 Å². The van der Waals surface area contributed by atoms with Crippen molar-refractivity contribution < 1.29 is 17.9 Å². The van der Waals surface area contributed by atoms with Crippen LogP contribution in [-0.2, 0) is 14.8 Å². The summed E-state index contributed by atoms with van der Waals surface area (Å²) in [6, 6.07) is 8.58. The van der Waals surface area contributed by atoms with Gasteiger partial charge in [0.05, 0.1) is 21.9 Å². The van der Waals surface area contributed by atoms with E-state index in [4.69, 9.17) is 4.74 Å². The number of hydrogen-bond donors (Lipinski definition) is 1. The summed E-state index contributed by atoms with van der Waals surface area (Å²) in [5, 5.41) is 5.85. The predicted octanol–water partition coefficient (Wildman–Crippen LogP) is 5.30. The molecule has 4 rings (SSSR count). The molecule has 1 aliphatic rings.